The average Bonchev–Trinajstić information content (AvgIpc) is 2.85. The summed E-state index contributed by atoms with van der Waals surface area (Å²) in [6, 6.07) is 21.4. The molecule has 1 N–H and O–H groups in total. The SMILES string of the molecule is Cc1cccn2c(=O)c(/C=C(\C#N)C(=O)NCc3ccccc3)c(Oc3ccccc3Cl)nc12. The quantitative estimate of drug-likeness (QED) is 0.326. The van der Waals surface area contributed by atoms with Crippen LogP contribution in [0.1, 0.15) is 16.7 Å². The summed E-state index contributed by atoms with van der Waals surface area (Å²) in [7, 11) is 0. The molecule has 7 nitrogen and oxygen atoms in total. The maximum Gasteiger partial charge on any atom is 0.269 e. The number of rotatable bonds is 6. The molecule has 0 saturated carbocycles. The lowest BCUT2D eigenvalue weighted by molar-refractivity contribution is -0.117. The number of nitrogens with zero attached hydrogens (tertiary/aromatic N) is 3. The van der Waals surface area contributed by atoms with E-state index in [1.807, 2.05) is 49.4 Å². The topological polar surface area (TPSA) is 96.5 Å². The van der Waals surface area contributed by atoms with Gasteiger partial charge < -0.3 is 10.1 Å². The molecule has 0 bridgehead atoms. The Kier molecular flexibility index (Phi) is 6.72. The van der Waals surface area contributed by atoms with Crippen molar-refractivity contribution < 1.29 is 9.53 Å². The Hall–Kier alpha value is -4.41. The number of para-hydroxylation sites is 1. The van der Waals surface area contributed by atoms with Crippen molar-refractivity contribution in [3.63, 3.8) is 0 Å². The molecule has 0 aliphatic heterocycles. The summed E-state index contributed by atoms with van der Waals surface area (Å²) in [5, 5.41) is 12.7. The smallest absolute Gasteiger partial charge is 0.269 e. The summed E-state index contributed by atoms with van der Waals surface area (Å²) in [6.45, 7) is 2.05. The molecule has 34 heavy (non-hydrogen) atoms. The van der Waals surface area contributed by atoms with Crippen molar-refractivity contribution in [3.8, 4) is 17.7 Å². The molecule has 0 aliphatic rings. The highest BCUT2D eigenvalue weighted by molar-refractivity contribution is 6.32. The van der Waals surface area contributed by atoms with Gasteiger partial charge in [0, 0.05) is 12.7 Å². The zero-order valence-electron chi connectivity index (χ0n) is 18.2. The predicted octanol–water partition coefficient (Wildman–Crippen LogP) is 4.67. The van der Waals surface area contributed by atoms with Crippen LogP contribution in [0, 0.1) is 18.3 Å². The summed E-state index contributed by atoms with van der Waals surface area (Å²) in [5.41, 5.74) is 1.22. The first-order valence-electron chi connectivity index (χ1n) is 10.4. The van der Waals surface area contributed by atoms with Crippen molar-refractivity contribution in [1.29, 1.82) is 5.26 Å². The third-order valence-corrected chi connectivity index (χ3v) is 5.35. The normalized spacial score (nSPS) is 11.1. The van der Waals surface area contributed by atoms with Crippen LogP contribution in [0.4, 0.5) is 0 Å². The number of ether oxygens (including phenoxy) is 1. The van der Waals surface area contributed by atoms with Gasteiger partial charge in [-0.2, -0.15) is 10.2 Å². The van der Waals surface area contributed by atoms with E-state index in [4.69, 9.17) is 16.3 Å². The van der Waals surface area contributed by atoms with Gasteiger partial charge in [-0.25, -0.2) is 0 Å². The number of aromatic nitrogens is 2. The third kappa shape index (κ3) is 4.82. The van der Waals surface area contributed by atoms with E-state index in [-0.39, 0.29) is 29.3 Å². The number of nitrogens with one attached hydrogen (secondary N) is 1. The number of nitriles is 1. The second kappa shape index (κ2) is 10.0. The molecule has 4 aromatic rings. The maximum atomic E-state index is 13.4. The molecule has 2 heterocycles. The molecule has 0 fully saturated rings. The van der Waals surface area contributed by atoms with Gasteiger partial charge in [0.1, 0.15) is 28.6 Å². The Morgan fingerprint density at radius 3 is 2.62 bits per heavy atom. The van der Waals surface area contributed by atoms with Gasteiger partial charge in [-0.3, -0.25) is 14.0 Å². The van der Waals surface area contributed by atoms with Crippen molar-refractivity contribution in [2.75, 3.05) is 0 Å². The molecule has 0 atom stereocenters. The van der Waals surface area contributed by atoms with Crippen molar-refractivity contribution in [1.82, 2.24) is 14.7 Å². The van der Waals surface area contributed by atoms with Crippen molar-refractivity contribution in [2.45, 2.75) is 13.5 Å². The van der Waals surface area contributed by atoms with E-state index in [1.54, 1.807) is 36.5 Å². The first-order valence-corrected chi connectivity index (χ1v) is 10.7. The van der Waals surface area contributed by atoms with Crippen LogP contribution in [0.3, 0.4) is 0 Å². The summed E-state index contributed by atoms with van der Waals surface area (Å²) in [4.78, 5) is 30.6. The monoisotopic (exact) mass is 470 g/mol. The van der Waals surface area contributed by atoms with Crippen LogP contribution in [0.2, 0.25) is 5.02 Å². The molecule has 0 spiro atoms. The highest BCUT2D eigenvalue weighted by atomic mass is 35.5. The second-order valence-electron chi connectivity index (χ2n) is 7.39. The Morgan fingerprint density at radius 2 is 1.88 bits per heavy atom. The number of carbonyl (C=O) groups is 1. The van der Waals surface area contributed by atoms with Crippen LogP contribution in [-0.2, 0) is 11.3 Å². The standard InChI is InChI=1S/C26H19ClN4O3/c1-17-8-7-13-31-23(17)30-25(34-22-12-6-5-11-21(22)27)20(26(31)33)14-19(15-28)24(32)29-16-18-9-3-2-4-10-18/h2-14H,16H2,1H3,(H,29,32)/b19-14+. The molecular weight excluding hydrogens is 452 g/mol. The van der Waals surface area contributed by atoms with Crippen LogP contribution >= 0.6 is 11.6 Å². The minimum atomic E-state index is -0.621. The van der Waals surface area contributed by atoms with E-state index in [0.29, 0.717) is 10.7 Å². The molecular formula is C26H19ClN4O3. The van der Waals surface area contributed by atoms with Gasteiger partial charge in [0.25, 0.3) is 11.5 Å². The van der Waals surface area contributed by atoms with Crippen LogP contribution in [0.25, 0.3) is 11.7 Å². The lowest BCUT2D eigenvalue weighted by Crippen LogP contribution is -2.25. The van der Waals surface area contributed by atoms with Crippen LogP contribution in [0.5, 0.6) is 11.6 Å². The minimum absolute atomic E-state index is 0.0468. The van der Waals surface area contributed by atoms with Gasteiger partial charge in [-0.05, 0) is 42.3 Å². The lowest BCUT2D eigenvalue weighted by Gasteiger charge is -2.12. The summed E-state index contributed by atoms with van der Waals surface area (Å²) < 4.78 is 7.24. The molecule has 0 aliphatic carbocycles. The number of aryl methyl sites for hydroxylation is 1. The van der Waals surface area contributed by atoms with E-state index >= 15 is 0 Å². The van der Waals surface area contributed by atoms with E-state index in [2.05, 4.69) is 10.3 Å². The van der Waals surface area contributed by atoms with E-state index < -0.39 is 11.5 Å². The highest BCUT2D eigenvalue weighted by Crippen LogP contribution is 2.30. The number of benzene rings is 2. The number of amides is 1. The zero-order valence-corrected chi connectivity index (χ0v) is 18.9. The highest BCUT2D eigenvalue weighted by Gasteiger charge is 2.18. The molecule has 0 unspecified atom stereocenters. The van der Waals surface area contributed by atoms with E-state index in [0.717, 1.165) is 11.1 Å². The first kappa shape index (κ1) is 22.8. The molecule has 2 aromatic heterocycles. The largest absolute Gasteiger partial charge is 0.437 e. The number of fused-ring (bicyclic) bond motifs is 1. The molecule has 2 aromatic carbocycles. The molecule has 0 saturated heterocycles. The number of pyridine rings is 1. The number of halogens is 1. The fraction of sp³-hybridized carbons (Fsp3) is 0.0769. The number of hydrogen-bond donors (Lipinski definition) is 1. The molecule has 8 heteroatoms. The fourth-order valence-corrected chi connectivity index (χ4v) is 3.47. The van der Waals surface area contributed by atoms with Gasteiger partial charge in [0.2, 0.25) is 5.88 Å². The Labute approximate surface area is 200 Å². The molecule has 0 radical (unpaired) electrons. The van der Waals surface area contributed by atoms with Gasteiger partial charge in [0.05, 0.1) is 5.02 Å². The number of carbonyl (C=O) groups excluding carboxylic acids is 1. The maximum absolute atomic E-state index is 13.4. The molecule has 1 amide bonds. The van der Waals surface area contributed by atoms with E-state index in [1.165, 1.54) is 10.5 Å². The summed E-state index contributed by atoms with van der Waals surface area (Å²) in [5.74, 6) is -0.393. The van der Waals surface area contributed by atoms with Crippen molar-refractivity contribution in [3.05, 3.63) is 111 Å². The first-order chi connectivity index (χ1) is 16.5. The Balaban J connectivity index is 1.79. The van der Waals surface area contributed by atoms with Crippen molar-refractivity contribution in [2.24, 2.45) is 0 Å². The minimum Gasteiger partial charge on any atom is -0.437 e. The lowest BCUT2D eigenvalue weighted by atomic mass is 10.1. The van der Waals surface area contributed by atoms with Crippen LogP contribution in [-0.4, -0.2) is 15.3 Å². The predicted molar refractivity (Wildman–Crippen MR) is 130 cm³/mol. The van der Waals surface area contributed by atoms with Gasteiger partial charge in [0.15, 0.2) is 0 Å². The van der Waals surface area contributed by atoms with Gasteiger partial charge >= 0.3 is 0 Å². The van der Waals surface area contributed by atoms with Crippen LogP contribution in [0.15, 0.2) is 83.3 Å². The van der Waals surface area contributed by atoms with Crippen LogP contribution < -0.4 is 15.6 Å². The fourth-order valence-electron chi connectivity index (χ4n) is 3.29. The Bertz CT molecular complexity index is 1500. The molecule has 4 rings (SSSR count). The van der Waals surface area contributed by atoms with E-state index in [9.17, 15) is 14.9 Å². The average molecular weight is 471 g/mol. The molecule has 168 valence electrons. The van der Waals surface area contributed by atoms with Gasteiger partial charge in [-0.15, -0.1) is 0 Å². The zero-order chi connectivity index (χ0) is 24.1. The van der Waals surface area contributed by atoms with Crippen molar-refractivity contribution >= 4 is 29.2 Å². The third-order valence-electron chi connectivity index (χ3n) is 5.04. The number of hydrogen-bond acceptors (Lipinski definition) is 5. The Morgan fingerprint density at radius 1 is 1.15 bits per heavy atom. The summed E-state index contributed by atoms with van der Waals surface area (Å²) >= 11 is 6.23. The second-order valence-corrected chi connectivity index (χ2v) is 7.80. The van der Waals surface area contributed by atoms with Gasteiger partial charge in [-0.1, -0.05) is 60.1 Å². The summed E-state index contributed by atoms with van der Waals surface area (Å²) in [6.07, 6.45) is 2.76.